The minimum absolute atomic E-state index is 0.296. The van der Waals surface area contributed by atoms with Gasteiger partial charge in [-0.2, -0.15) is 9.81 Å². The summed E-state index contributed by atoms with van der Waals surface area (Å²) >= 11 is 0. The Morgan fingerprint density at radius 3 is 2.18 bits per heavy atom. The van der Waals surface area contributed by atoms with Crippen LogP contribution in [0.4, 0.5) is 0 Å². The summed E-state index contributed by atoms with van der Waals surface area (Å²) in [5.41, 5.74) is -0.935. The number of hydrogen-bond acceptors (Lipinski definition) is 6. The van der Waals surface area contributed by atoms with Crippen LogP contribution in [0, 0.1) is 26.9 Å². The lowest BCUT2D eigenvalue weighted by Gasteiger charge is -2.21. The van der Waals surface area contributed by atoms with E-state index >= 15 is 0 Å². The molecule has 1 aromatic carbocycles. The summed E-state index contributed by atoms with van der Waals surface area (Å²) in [6.07, 6.45) is 0. The third kappa shape index (κ3) is 2.32. The number of rotatable bonds is 6. The van der Waals surface area contributed by atoms with E-state index in [0.717, 1.165) is 0 Å². The zero-order chi connectivity index (χ0) is 12.9. The molecule has 0 fully saturated rings. The lowest BCUT2D eigenvalue weighted by molar-refractivity contribution is -0.572. The Kier molecular flexibility index (Phi) is 3.97. The van der Waals surface area contributed by atoms with Gasteiger partial charge in [0.05, 0.1) is 0 Å². The van der Waals surface area contributed by atoms with E-state index in [1.54, 1.807) is 25.1 Å². The molecule has 0 spiro atoms. The van der Waals surface area contributed by atoms with E-state index in [4.69, 9.17) is 0 Å². The molecule has 0 N–H and O–H groups in total. The topological polar surface area (TPSA) is 102 Å². The molecule has 0 bridgehead atoms. The molecular weight excluding hydrogens is 226 g/mol. The SMILES string of the molecule is Cc1ccccc1C(CN=O)(CN=O)[N+](=O)[O-]. The molecule has 0 heterocycles. The van der Waals surface area contributed by atoms with E-state index < -0.39 is 23.6 Å². The Morgan fingerprint density at radius 1 is 1.24 bits per heavy atom. The standard InChI is InChI=1S/C10H11N3O4/c1-8-4-2-3-5-9(8)10(6-11-14,7-12-15)13(16)17/h2-5H,6-7H2,1H3. The Labute approximate surface area is 96.9 Å². The van der Waals surface area contributed by atoms with Crippen LogP contribution in [-0.2, 0) is 5.54 Å². The van der Waals surface area contributed by atoms with Gasteiger partial charge < -0.3 is 0 Å². The number of nitrogens with zero attached hydrogens (tertiary/aromatic N) is 3. The van der Waals surface area contributed by atoms with E-state index in [2.05, 4.69) is 10.4 Å². The van der Waals surface area contributed by atoms with Gasteiger partial charge in [0.2, 0.25) is 0 Å². The van der Waals surface area contributed by atoms with Crippen molar-refractivity contribution in [3.8, 4) is 0 Å². The van der Waals surface area contributed by atoms with Crippen molar-refractivity contribution < 1.29 is 4.92 Å². The van der Waals surface area contributed by atoms with Crippen LogP contribution in [0.3, 0.4) is 0 Å². The summed E-state index contributed by atoms with van der Waals surface area (Å²) in [6, 6.07) is 6.50. The maximum atomic E-state index is 11.2. The van der Waals surface area contributed by atoms with Crippen molar-refractivity contribution in [3.63, 3.8) is 0 Å². The second kappa shape index (κ2) is 5.24. The highest BCUT2D eigenvalue weighted by atomic mass is 16.6. The van der Waals surface area contributed by atoms with Crippen molar-refractivity contribution >= 4 is 0 Å². The van der Waals surface area contributed by atoms with Crippen LogP contribution in [0.15, 0.2) is 34.6 Å². The molecule has 7 nitrogen and oxygen atoms in total. The molecule has 0 saturated heterocycles. The van der Waals surface area contributed by atoms with Crippen molar-refractivity contribution in [1.29, 1.82) is 0 Å². The Bertz CT molecular complexity index is 437. The van der Waals surface area contributed by atoms with Crippen LogP contribution in [0.1, 0.15) is 11.1 Å². The quantitative estimate of drug-likeness (QED) is 0.428. The lowest BCUT2D eigenvalue weighted by Crippen LogP contribution is -2.42. The van der Waals surface area contributed by atoms with Crippen LogP contribution in [0.25, 0.3) is 0 Å². The molecular formula is C10H11N3O4. The molecule has 1 rings (SSSR count). The van der Waals surface area contributed by atoms with Crippen molar-refractivity contribution in [2.24, 2.45) is 10.4 Å². The second-order valence-corrected chi connectivity index (χ2v) is 3.68. The fourth-order valence-corrected chi connectivity index (χ4v) is 1.74. The fourth-order valence-electron chi connectivity index (χ4n) is 1.74. The molecule has 0 unspecified atom stereocenters. The summed E-state index contributed by atoms with van der Waals surface area (Å²) in [5.74, 6) is 0. The smallest absolute Gasteiger partial charge is 0.263 e. The monoisotopic (exact) mass is 237 g/mol. The molecule has 0 aromatic heterocycles. The highest BCUT2D eigenvalue weighted by molar-refractivity contribution is 5.32. The summed E-state index contributed by atoms with van der Waals surface area (Å²) < 4.78 is 0. The highest BCUT2D eigenvalue weighted by Gasteiger charge is 2.47. The van der Waals surface area contributed by atoms with Gasteiger partial charge >= 0.3 is 0 Å². The maximum Gasteiger partial charge on any atom is 0.292 e. The highest BCUT2D eigenvalue weighted by Crippen LogP contribution is 2.28. The zero-order valence-corrected chi connectivity index (χ0v) is 9.20. The minimum Gasteiger partial charge on any atom is -0.263 e. The molecule has 0 aliphatic rings. The summed E-state index contributed by atoms with van der Waals surface area (Å²) in [6.45, 7) is 0.441. The van der Waals surface area contributed by atoms with Gasteiger partial charge in [-0.05, 0) is 12.5 Å². The number of nitroso groups, excluding NO2 is 2. The summed E-state index contributed by atoms with van der Waals surface area (Å²) in [7, 11) is 0. The average molecular weight is 237 g/mol. The molecule has 0 aliphatic heterocycles. The predicted molar refractivity (Wildman–Crippen MR) is 61.2 cm³/mol. The van der Waals surface area contributed by atoms with E-state index in [0.29, 0.717) is 11.1 Å². The minimum atomic E-state index is -1.85. The van der Waals surface area contributed by atoms with Crippen molar-refractivity contribution in [2.45, 2.75) is 12.5 Å². The first-order valence-corrected chi connectivity index (χ1v) is 4.87. The zero-order valence-electron chi connectivity index (χ0n) is 9.20. The van der Waals surface area contributed by atoms with Gasteiger partial charge in [-0.3, -0.25) is 10.1 Å². The van der Waals surface area contributed by atoms with Crippen molar-refractivity contribution in [3.05, 3.63) is 55.3 Å². The molecule has 7 heteroatoms. The summed E-state index contributed by atoms with van der Waals surface area (Å²) in [5, 5.41) is 16.3. The number of hydrogen-bond donors (Lipinski definition) is 0. The van der Waals surface area contributed by atoms with Gasteiger partial charge in [-0.25, -0.2) is 0 Å². The number of nitro groups is 1. The van der Waals surface area contributed by atoms with E-state index in [1.165, 1.54) is 6.07 Å². The van der Waals surface area contributed by atoms with Crippen molar-refractivity contribution in [1.82, 2.24) is 0 Å². The average Bonchev–Trinajstić information content (AvgIpc) is 2.29. The van der Waals surface area contributed by atoms with Crippen molar-refractivity contribution in [2.75, 3.05) is 13.1 Å². The van der Waals surface area contributed by atoms with Crippen LogP contribution in [-0.4, -0.2) is 18.0 Å². The Balaban J connectivity index is 3.40. The van der Waals surface area contributed by atoms with E-state index in [9.17, 15) is 19.9 Å². The number of benzene rings is 1. The maximum absolute atomic E-state index is 11.2. The third-order valence-electron chi connectivity index (χ3n) is 2.65. The van der Waals surface area contributed by atoms with E-state index in [1.807, 2.05) is 0 Å². The van der Waals surface area contributed by atoms with Gasteiger partial charge in [0.15, 0.2) is 13.1 Å². The molecule has 90 valence electrons. The molecule has 0 atom stereocenters. The van der Waals surface area contributed by atoms with Gasteiger partial charge in [0, 0.05) is 10.5 Å². The fraction of sp³-hybridized carbons (Fsp3) is 0.400. The van der Waals surface area contributed by atoms with E-state index in [-0.39, 0.29) is 0 Å². The van der Waals surface area contributed by atoms with Crippen LogP contribution in [0.5, 0.6) is 0 Å². The molecule has 0 amide bonds. The molecule has 1 aromatic rings. The second-order valence-electron chi connectivity index (χ2n) is 3.68. The third-order valence-corrected chi connectivity index (χ3v) is 2.65. The summed E-state index contributed by atoms with van der Waals surface area (Å²) in [4.78, 5) is 31.3. The van der Waals surface area contributed by atoms with Gasteiger partial charge in [-0.1, -0.05) is 34.6 Å². The molecule has 0 aliphatic carbocycles. The first kappa shape index (κ1) is 12.9. The van der Waals surface area contributed by atoms with Gasteiger partial charge in [0.1, 0.15) is 0 Å². The normalized spacial score (nSPS) is 10.9. The molecule has 17 heavy (non-hydrogen) atoms. The largest absolute Gasteiger partial charge is 0.292 e. The van der Waals surface area contributed by atoms with Crippen LogP contribution < -0.4 is 0 Å². The first-order valence-electron chi connectivity index (χ1n) is 4.87. The predicted octanol–water partition coefficient (Wildman–Crippen LogP) is 2.00. The van der Waals surface area contributed by atoms with Gasteiger partial charge in [0.25, 0.3) is 5.54 Å². The lowest BCUT2D eigenvalue weighted by atomic mass is 9.87. The number of aryl methyl sites for hydroxylation is 1. The molecule has 0 saturated carbocycles. The van der Waals surface area contributed by atoms with Crippen LogP contribution >= 0.6 is 0 Å². The first-order chi connectivity index (χ1) is 8.08. The van der Waals surface area contributed by atoms with Crippen LogP contribution in [0.2, 0.25) is 0 Å². The Morgan fingerprint density at radius 2 is 1.76 bits per heavy atom. The van der Waals surface area contributed by atoms with Gasteiger partial charge in [-0.15, -0.1) is 0 Å². The molecule has 0 radical (unpaired) electrons. The Hall–Kier alpha value is -2.18.